The van der Waals surface area contributed by atoms with Gasteiger partial charge in [0.15, 0.2) is 0 Å². The number of nitrogens with zero attached hydrogens (tertiary/aromatic N) is 1. The molecular formula is C22H15Cl3FN3O3. The lowest BCUT2D eigenvalue weighted by Crippen LogP contribution is -2.32. The molecule has 0 aliphatic carbocycles. The molecule has 0 atom stereocenters. The average Bonchev–Trinajstić information content (AvgIpc) is 2.77. The summed E-state index contributed by atoms with van der Waals surface area (Å²) in [6.07, 6.45) is 1.32. The maximum Gasteiger partial charge on any atom is 0.329 e. The van der Waals surface area contributed by atoms with Crippen LogP contribution in [0.4, 0.5) is 10.1 Å². The van der Waals surface area contributed by atoms with E-state index < -0.39 is 17.6 Å². The SMILES string of the molecule is O=C(N/N=C/c1cccc(OCc2c(F)cccc2Cl)c1)C(=O)Nc1cccc(Cl)c1Cl. The number of anilines is 1. The van der Waals surface area contributed by atoms with Gasteiger partial charge in [-0.2, -0.15) is 5.10 Å². The molecule has 0 spiro atoms. The Hall–Kier alpha value is -3.13. The predicted octanol–water partition coefficient (Wildman–Crippen LogP) is 5.45. The van der Waals surface area contributed by atoms with Crippen LogP contribution in [0, 0.1) is 5.82 Å². The Bertz CT molecular complexity index is 1170. The third-order valence-corrected chi connectivity index (χ3v) is 5.26. The molecule has 3 aromatic carbocycles. The Labute approximate surface area is 197 Å². The van der Waals surface area contributed by atoms with E-state index >= 15 is 0 Å². The van der Waals surface area contributed by atoms with Gasteiger partial charge in [0.1, 0.15) is 18.2 Å². The van der Waals surface area contributed by atoms with Crippen LogP contribution in [0.5, 0.6) is 5.75 Å². The van der Waals surface area contributed by atoms with Crippen molar-refractivity contribution in [3.05, 3.63) is 92.7 Å². The van der Waals surface area contributed by atoms with Crippen LogP contribution in [0.15, 0.2) is 65.8 Å². The Morgan fingerprint density at radius 1 is 0.969 bits per heavy atom. The lowest BCUT2D eigenvalue weighted by Gasteiger charge is -2.09. The minimum Gasteiger partial charge on any atom is -0.489 e. The molecule has 0 aliphatic heterocycles. The summed E-state index contributed by atoms with van der Waals surface area (Å²) in [4.78, 5) is 23.9. The number of ether oxygens (including phenoxy) is 1. The smallest absolute Gasteiger partial charge is 0.329 e. The van der Waals surface area contributed by atoms with E-state index in [0.717, 1.165) is 0 Å². The first-order chi connectivity index (χ1) is 15.3. The molecule has 10 heteroatoms. The molecule has 2 amide bonds. The molecule has 32 heavy (non-hydrogen) atoms. The molecule has 0 bridgehead atoms. The quantitative estimate of drug-likeness (QED) is 0.271. The standard InChI is InChI=1S/C22H15Cl3FN3O3/c23-16-6-2-8-18(26)15(16)12-32-14-5-1-4-13(10-14)11-27-29-22(31)21(30)28-19-9-3-7-17(24)20(19)25/h1-11H,12H2,(H,28,30)(H,29,31)/b27-11+. The zero-order valence-corrected chi connectivity index (χ0v) is 18.5. The van der Waals surface area contributed by atoms with Gasteiger partial charge in [-0.15, -0.1) is 0 Å². The second-order valence-corrected chi connectivity index (χ2v) is 7.51. The van der Waals surface area contributed by atoms with Crippen LogP contribution in [-0.2, 0) is 16.2 Å². The Balaban J connectivity index is 1.56. The van der Waals surface area contributed by atoms with Gasteiger partial charge in [-0.05, 0) is 42.0 Å². The average molecular weight is 495 g/mol. The molecular weight excluding hydrogens is 480 g/mol. The normalized spacial score (nSPS) is 10.8. The highest BCUT2D eigenvalue weighted by Crippen LogP contribution is 2.29. The second-order valence-electron chi connectivity index (χ2n) is 6.32. The number of amides is 2. The van der Waals surface area contributed by atoms with Crippen molar-refractivity contribution in [2.24, 2.45) is 5.10 Å². The second kappa shape index (κ2) is 10.9. The maximum absolute atomic E-state index is 13.8. The number of hydrogen-bond acceptors (Lipinski definition) is 4. The maximum atomic E-state index is 13.8. The number of hydrazone groups is 1. The third-order valence-electron chi connectivity index (χ3n) is 4.09. The van der Waals surface area contributed by atoms with Gasteiger partial charge in [0, 0.05) is 5.56 Å². The third kappa shape index (κ3) is 6.20. The molecule has 0 fully saturated rings. The fourth-order valence-electron chi connectivity index (χ4n) is 2.51. The van der Waals surface area contributed by atoms with Crippen molar-refractivity contribution >= 4 is 58.5 Å². The van der Waals surface area contributed by atoms with Gasteiger partial charge in [-0.3, -0.25) is 9.59 Å². The van der Waals surface area contributed by atoms with Crippen molar-refractivity contribution in [3.8, 4) is 5.75 Å². The van der Waals surface area contributed by atoms with Crippen molar-refractivity contribution in [1.29, 1.82) is 0 Å². The van der Waals surface area contributed by atoms with Crippen LogP contribution in [0.3, 0.4) is 0 Å². The summed E-state index contributed by atoms with van der Waals surface area (Å²) in [5.41, 5.74) is 3.12. The van der Waals surface area contributed by atoms with Crippen molar-refractivity contribution < 1.29 is 18.7 Å². The topological polar surface area (TPSA) is 79.8 Å². The highest BCUT2D eigenvalue weighted by atomic mass is 35.5. The number of halogens is 4. The van der Waals surface area contributed by atoms with E-state index in [9.17, 15) is 14.0 Å². The van der Waals surface area contributed by atoms with E-state index in [-0.39, 0.29) is 32.9 Å². The van der Waals surface area contributed by atoms with Gasteiger partial charge in [0.25, 0.3) is 0 Å². The first kappa shape index (κ1) is 23.5. The lowest BCUT2D eigenvalue weighted by molar-refractivity contribution is -0.136. The Kier molecular flexibility index (Phi) is 8.05. The molecule has 2 N–H and O–H groups in total. The highest BCUT2D eigenvalue weighted by Gasteiger charge is 2.15. The van der Waals surface area contributed by atoms with Crippen molar-refractivity contribution in [2.45, 2.75) is 6.61 Å². The summed E-state index contributed by atoms with van der Waals surface area (Å²) >= 11 is 17.8. The van der Waals surface area contributed by atoms with Gasteiger partial charge in [-0.1, -0.05) is 59.1 Å². The zero-order valence-electron chi connectivity index (χ0n) is 16.2. The molecule has 0 saturated carbocycles. The molecule has 0 aromatic heterocycles. The molecule has 0 aliphatic rings. The van der Waals surface area contributed by atoms with Gasteiger partial charge in [0.05, 0.1) is 27.0 Å². The number of nitrogens with one attached hydrogen (secondary N) is 2. The summed E-state index contributed by atoms with van der Waals surface area (Å²) < 4.78 is 19.4. The zero-order chi connectivity index (χ0) is 23.1. The fourth-order valence-corrected chi connectivity index (χ4v) is 3.07. The van der Waals surface area contributed by atoms with Crippen LogP contribution in [0.1, 0.15) is 11.1 Å². The highest BCUT2D eigenvalue weighted by molar-refractivity contribution is 6.45. The van der Waals surface area contributed by atoms with Crippen LogP contribution in [0.2, 0.25) is 15.1 Å². The van der Waals surface area contributed by atoms with E-state index in [4.69, 9.17) is 39.5 Å². The minimum atomic E-state index is -1.00. The predicted molar refractivity (Wildman–Crippen MR) is 123 cm³/mol. The van der Waals surface area contributed by atoms with Crippen LogP contribution in [-0.4, -0.2) is 18.0 Å². The molecule has 0 heterocycles. The first-order valence-electron chi connectivity index (χ1n) is 9.09. The molecule has 6 nitrogen and oxygen atoms in total. The Morgan fingerprint density at radius 2 is 1.69 bits per heavy atom. The molecule has 3 aromatic rings. The van der Waals surface area contributed by atoms with Gasteiger partial charge < -0.3 is 10.1 Å². The van der Waals surface area contributed by atoms with E-state index in [1.165, 1.54) is 24.4 Å². The van der Waals surface area contributed by atoms with E-state index in [2.05, 4.69) is 15.8 Å². The fraction of sp³-hybridized carbons (Fsp3) is 0.0455. The van der Waals surface area contributed by atoms with Gasteiger partial charge in [-0.25, -0.2) is 9.82 Å². The van der Waals surface area contributed by atoms with Crippen LogP contribution >= 0.6 is 34.8 Å². The molecule has 0 unspecified atom stereocenters. The molecule has 0 radical (unpaired) electrons. The number of benzene rings is 3. The molecule has 164 valence electrons. The van der Waals surface area contributed by atoms with Crippen molar-refractivity contribution in [3.63, 3.8) is 0 Å². The number of hydrogen-bond donors (Lipinski definition) is 2. The van der Waals surface area contributed by atoms with E-state index in [0.29, 0.717) is 11.3 Å². The summed E-state index contributed by atoms with van der Waals surface area (Å²) in [5.74, 6) is -1.99. The summed E-state index contributed by atoms with van der Waals surface area (Å²) in [6.45, 7) is -0.0604. The Morgan fingerprint density at radius 3 is 2.47 bits per heavy atom. The summed E-state index contributed by atoms with van der Waals surface area (Å²) in [6, 6.07) is 15.7. The monoisotopic (exact) mass is 493 g/mol. The molecule has 0 saturated heterocycles. The summed E-state index contributed by atoms with van der Waals surface area (Å²) in [5, 5.41) is 6.72. The van der Waals surface area contributed by atoms with Gasteiger partial charge >= 0.3 is 11.8 Å². The largest absolute Gasteiger partial charge is 0.489 e. The number of carbonyl (C=O) groups excluding carboxylic acids is 2. The van der Waals surface area contributed by atoms with Crippen molar-refractivity contribution in [1.82, 2.24) is 5.43 Å². The minimum absolute atomic E-state index is 0.0604. The molecule has 3 rings (SSSR count). The number of rotatable bonds is 6. The van der Waals surface area contributed by atoms with Crippen molar-refractivity contribution in [2.75, 3.05) is 5.32 Å². The van der Waals surface area contributed by atoms with E-state index in [1.54, 1.807) is 42.5 Å². The van der Waals surface area contributed by atoms with Crippen LogP contribution in [0.25, 0.3) is 0 Å². The number of carbonyl (C=O) groups is 2. The van der Waals surface area contributed by atoms with E-state index in [1.807, 2.05) is 0 Å². The summed E-state index contributed by atoms with van der Waals surface area (Å²) in [7, 11) is 0. The lowest BCUT2D eigenvalue weighted by atomic mass is 10.2. The van der Waals surface area contributed by atoms with Crippen LogP contribution < -0.4 is 15.5 Å². The first-order valence-corrected chi connectivity index (χ1v) is 10.2. The van der Waals surface area contributed by atoms with Gasteiger partial charge in [0.2, 0.25) is 0 Å².